The standard InChI is InChI=1S/C18H28N4O5/c1-13(2)8-9-21(10-11-23)18(25)20-16(17(24)19-3)12-14-4-6-15(7-5-14)22(26)27/h4-7,13,16,23H,8-12H2,1-3H3,(H,19,24)(H,20,25)/t16-/m0/s1. The molecule has 1 atom stereocenters. The summed E-state index contributed by atoms with van der Waals surface area (Å²) in [5.41, 5.74) is 0.646. The van der Waals surface area contributed by atoms with E-state index in [4.69, 9.17) is 0 Å². The molecule has 0 aliphatic rings. The van der Waals surface area contributed by atoms with Gasteiger partial charge in [-0.05, 0) is 17.9 Å². The van der Waals surface area contributed by atoms with Gasteiger partial charge in [0.2, 0.25) is 5.91 Å². The quantitative estimate of drug-likeness (QED) is 0.417. The minimum absolute atomic E-state index is 0.0397. The van der Waals surface area contributed by atoms with E-state index in [1.54, 1.807) is 12.1 Å². The Kier molecular flexibility index (Phi) is 9.21. The second-order valence-electron chi connectivity index (χ2n) is 6.64. The number of hydrogen-bond acceptors (Lipinski definition) is 5. The number of nitrogens with zero attached hydrogens (tertiary/aromatic N) is 2. The van der Waals surface area contributed by atoms with Gasteiger partial charge in [0.25, 0.3) is 5.69 Å². The van der Waals surface area contributed by atoms with Crippen molar-refractivity contribution < 1.29 is 19.6 Å². The molecule has 9 heteroatoms. The molecule has 0 aliphatic heterocycles. The van der Waals surface area contributed by atoms with Crippen LogP contribution in [-0.4, -0.2) is 59.7 Å². The number of carbonyl (C=O) groups is 2. The number of rotatable bonds is 10. The molecule has 1 aromatic carbocycles. The van der Waals surface area contributed by atoms with E-state index in [1.165, 1.54) is 24.1 Å². The number of hydrogen-bond donors (Lipinski definition) is 3. The van der Waals surface area contributed by atoms with Gasteiger partial charge in [-0.15, -0.1) is 0 Å². The molecule has 0 heterocycles. The molecule has 0 spiro atoms. The molecule has 0 fully saturated rings. The molecule has 0 aromatic heterocycles. The fraction of sp³-hybridized carbons (Fsp3) is 0.556. The lowest BCUT2D eigenvalue weighted by molar-refractivity contribution is -0.384. The SMILES string of the molecule is CNC(=O)[C@H](Cc1ccc([N+](=O)[O-])cc1)NC(=O)N(CCO)CCC(C)C. The number of non-ortho nitro benzene ring substituents is 1. The Morgan fingerprint density at radius 2 is 1.85 bits per heavy atom. The zero-order valence-electron chi connectivity index (χ0n) is 16.0. The van der Waals surface area contributed by atoms with Gasteiger partial charge in [0.1, 0.15) is 6.04 Å². The monoisotopic (exact) mass is 380 g/mol. The maximum Gasteiger partial charge on any atom is 0.318 e. The van der Waals surface area contributed by atoms with Gasteiger partial charge in [0.15, 0.2) is 0 Å². The summed E-state index contributed by atoms with van der Waals surface area (Å²) in [5, 5.41) is 25.1. The van der Waals surface area contributed by atoms with Crippen LogP contribution in [0.4, 0.5) is 10.5 Å². The van der Waals surface area contributed by atoms with Crippen LogP contribution in [0.1, 0.15) is 25.8 Å². The van der Waals surface area contributed by atoms with Crippen LogP contribution in [0.5, 0.6) is 0 Å². The number of nitro groups is 1. The Balaban J connectivity index is 2.84. The van der Waals surface area contributed by atoms with E-state index >= 15 is 0 Å². The van der Waals surface area contributed by atoms with E-state index in [9.17, 15) is 24.8 Å². The molecular formula is C18H28N4O5. The first-order chi connectivity index (χ1) is 12.8. The molecule has 27 heavy (non-hydrogen) atoms. The van der Waals surface area contributed by atoms with Crippen LogP contribution in [-0.2, 0) is 11.2 Å². The molecule has 1 rings (SSSR count). The third-order valence-corrected chi connectivity index (χ3v) is 4.08. The third-order valence-electron chi connectivity index (χ3n) is 4.08. The van der Waals surface area contributed by atoms with E-state index in [-0.39, 0.29) is 31.2 Å². The smallest absolute Gasteiger partial charge is 0.318 e. The van der Waals surface area contributed by atoms with Crippen LogP contribution in [0.25, 0.3) is 0 Å². The minimum Gasteiger partial charge on any atom is -0.395 e. The summed E-state index contributed by atoms with van der Waals surface area (Å²) in [4.78, 5) is 36.4. The third kappa shape index (κ3) is 7.61. The van der Waals surface area contributed by atoms with Gasteiger partial charge >= 0.3 is 6.03 Å². The number of carbonyl (C=O) groups excluding carboxylic acids is 2. The number of amides is 3. The number of likely N-dealkylation sites (N-methyl/N-ethyl adjacent to an activating group) is 1. The Bertz CT molecular complexity index is 633. The van der Waals surface area contributed by atoms with Crippen LogP contribution in [0, 0.1) is 16.0 Å². The summed E-state index contributed by atoms with van der Waals surface area (Å²) in [6.45, 7) is 4.56. The fourth-order valence-electron chi connectivity index (χ4n) is 2.46. The molecule has 0 radical (unpaired) electrons. The fourth-order valence-corrected chi connectivity index (χ4v) is 2.46. The average Bonchev–Trinajstić information content (AvgIpc) is 2.64. The van der Waals surface area contributed by atoms with Crippen molar-refractivity contribution in [1.82, 2.24) is 15.5 Å². The van der Waals surface area contributed by atoms with E-state index in [1.807, 2.05) is 13.8 Å². The molecule has 0 bridgehead atoms. The van der Waals surface area contributed by atoms with Gasteiger partial charge in [-0.25, -0.2) is 4.79 Å². The highest BCUT2D eigenvalue weighted by Gasteiger charge is 2.23. The summed E-state index contributed by atoms with van der Waals surface area (Å²) in [7, 11) is 1.47. The predicted octanol–water partition coefficient (Wildman–Crippen LogP) is 1.30. The van der Waals surface area contributed by atoms with Gasteiger partial charge in [-0.3, -0.25) is 14.9 Å². The molecule has 1 aromatic rings. The van der Waals surface area contributed by atoms with E-state index in [0.29, 0.717) is 18.0 Å². The number of urea groups is 1. The number of aliphatic hydroxyl groups is 1. The van der Waals surface area contributed by atoms with Gasteiger partial charge in [0.05, 0.1) is 11.5 Å². The molecule has 9 nitrogen and oxygen atoms in total. The summed E-state index contributed by atoms with van der Waals surface area (Å²) in [5.74, 6) is 0.0309. The maximum absolute atomic E-state index is 12.5. The van der Waals surface area contributed by atoms with Crippen molar-refractivity contribution >= 4 is 17.6 Å². The molecule has 3 amide bonds. The van der Waals surface area contributed by atoms with Crippen LogP contribution >= 0.6 is 0 Å². The van der Waals surface area contributed by atoms with Crippen molar-refractivity contribution in [3.05, 3.63) is 39.9 Å². The van der Waals surface area contributed by atoms with Gasteiger partial charge in [-0.1, -0.05) is 26.0 Å². The Morgan fingerprint density at radius 3 is 2.33 bits per heavy atom. The lowest BCUT2D eigenvalue weighted by Crippen LogP contribution is -2.52. The summed E-state index contributed by atoms with van der Waals surface area (Å²) in [6.07, 6.45) is 0.973. The van der Waals surface area contributed by atoms with Gasteiger partial charge < -0.3 is 20.6 Å². The Hall–Kier alpha value is -2.68. The summed E-state index contributed by atoms with van der Waals surface area (Å²) >= 11 is 0. The van der Waals surface area contributed by atoms with Crippen LogP contribution in [0.3, 0.4) is 0 Å². The highest BCUT2D eigenvalue weighted by molar-refractivity contribution is 5.87. The Morgan fingerprint density at radius 1 is 1.22 bits per heavy atom. The normalized spacial score (nSPS) is 11.7. The highest BCUT2D eigenvalue weighted by Crippen LogP contribution is 2.13. The van der Waals surface area contributed by atoms with E-state index < -0.39 is 17.0 Å². The van der Waals surface area contributed by atoms with Crippen molar-refractivity contribution in [2.24, 2.45) is 5.92 Å². The molecule has 0 saturated heterocycles. The van der Waals surface area contributed by atoms with Crippen LogP contribution < -0.4 is 10.6 Å². The molecule has 0 saturated carbocycles. The molecule has 0 aliphatic carbocycles. The largest absolute Gasteiger partial charge is 0.395 e. The van der Waals surface area contributed by atoms with Crippen molar-refractivity contribution in [3.8, 4) is 0 Å². The first kappa shape index (κ1) is 22.4. The summed E-state index contributed by atoms with van der Waals surface area (Å²) < 4.78 is 0. The number of aliphatic hydroxyl groups excluding tert-OH is 1. The number of nitro benzene ring substituents is 1. The second-order valence-corrected chi connectivity index (χ2v) is 6.64. The Labute approximate surface area is 158 Å². The highest BCUT2D eigenvalue weighted by atomic mass is 16.6. The second kappa shape index (κ2) is 11.1. The predicted molar refractivity (Wildman–Crippen MR) is 101 cm³/mol. The lowest BCUT2D eigenvalue weighted by atomic mass is 10.0. The number of nitrogens with one attached hydrogen (secondary N) is 2. The van der Waals surface area contributed by atoms with Gasteiger partial charge in [0, 0.05) is 38.7 Å². The molecular weight excluding hydrogens is 352 g/mol. The van der Waals surface area contributed by atoms with Crippen LogP contribution in [0.2, 0.25) is 0 Å². The van der Waals surface area contributed by atoms with E-state index in [0.717, 1.165) is 6.42 Å². The topological polar surface area (TPSA) is 125 Å². The lowest BCUT2D eigenvalue weighted by Gasteiger charge is -2.26. The molecule has 3 N–H and O–H groups in total. The first-order valence-corrected chi connectivity index (χ1v) is 8.89. The minimum atomic E-state index is -0.829. The zero-order chi connectivity index (χ0) is 20.4. The van der Waals surface area contributed by atoms with E-state index in [2.05, 4.69) is 10.6 Å². The van der Waals surface area contributed by atoms with Crippen molar-refractivity contribution in [2.45, 2.75) is 32.7 Å². The van der Waals surface area contributed by atoms with Crippen molar-refractivity contribution in [1.29, 1.82) is 0 Å². The van der Waals surface area contributed by atoms with Crippen molar-refractivity contribution in [2.75, 3.05) is 26.7 Å². The first-order valence-electron chi connectivity index (χ1n) is 8.89. The van der Waals surface area contributed by atoms with Gasteiger partial charge in [-0.2, -0.15) is 0 Å². The molecule has 150 valence electrons. The molecule has 0 unspecified atom stereocenters. The zero-order valence-corrected chi connectivity index (χ0v) is 16.0. The summed E-state index contributed by atoms with van der Waals surface area (Å²) in [6, 6.07) is 4.58. The maximum atomic E-state index is 12.5. The van der Waals surface area contributed by atoms with Crippen molar-refractivity contribution in [3.63, 3.8) is 0 Å². The number of benzene rings is 1. The average molecular weight is 380 g/mol. The van der Waals surface area contributed by atoms with Crippen LogP contribution in [0.15, 0.2) is 24.3 Å².